The van der Waals surface area contributed by atoms with E-state index in [0.29, 0.717) is 23.2 Å². The van der Waals surface area contributed by atoms with Gasteiger partial charge in [-0.05, 0) is 58.8 Å². The minimum atomic E-state index is 0.529. The maximum atomic E-state index is 6.54. The van der Waals surface area contributed by atoms with Crippen LogP contribution in [0.15, 0.2) is 155 Å². The lowest BCUT2D eigenvalue weighted by atomic mass is 9.96. The van der Waals surface area contributed by atoms with Gasteiger partial charge < -0.3 is 8.83 Å². The van der Waals surface area contributed by atoms with Crippen molar-refractivity contribution in [1.29, 1.82) is 0 Å². The number of hydrogen-bond acceptors (Lipinski definition) is 6. The van der Waals surface area contributed by atoms with Crippen molar-refractivity contribution < 1.29 is 8.83 Å². The molecule has 0 spiro atoms. The van der Waals surface area contributed by atoms with Crippen molar-refractivity contribution in [2.75, 3.05) is 0 Å². The maximum Gasteiger partial charge on any atom is 0.227 e. The molecule has 10 aromatic rings. The summed E-state index contributed by atoms with van der Waals surface area (Å²) in [6, 6.07) is 47.2. The van der Waals surface area contributed by atoms with Gasteiger partial charge in [-0.15, -0.1) is 0 Å². The Bertz CT molecular complexity index is 2850. The minimum absolute atomic E-state index is 0.529. The van der Waals surface area contributed by atoms with E-state index in [1.54, 1.807) is 6.20 Å². The van der Waals surface area contributed by atoms with Crippen LogP contribution in [-0.2, 0) is 0 Å². The molecule has 10 rings (SSSR count). The molecule has 0 fully saturated rings. The lowest BCUT2D eigenvalue weighted by Gasteiger charge is -2.11. The number of furan rings is 2. The molecule has 0 unspecified atom stereocenters. The van der Waals surface area contributed by atoms with Gasteiger partial charge in [0.2, 0.25) is 5.71 Å². The third kappa shape index (κ3) is 4.13. The summed E-state index contributed by atoms with van der Waals surface area (Å²) in [6.45, 7) is 0. The van der Waals surface area contributed by atoms with E-state index in [0.717, 1.165) is 71.5 Å². The van der Waals surface area contributed by atoms with Crippen molar-refractivity contribution in [3.8, 4) is 45.3 Å². The summed E-state index contributed by atoms with van der Waals surface area (Å²) < 4.78 is 13.0. The van der Waals surface area contributed by atoms with Crippen molar-refractivity contribution >= 4 is 54.8 Å². The van der Waals surface area contributed by atoms with Gasteiger partial charge in [0.1, 0.15) is 16.7 Å². The second kappa shape index (κ2) is 10.4. The minimum Gasteiger partial charge on any atom is -0.455 e. The van der Waals surface area contributed by atoms with Gasteiger partial charge in [0.05, 0.1) is 5.56 Å². The summed E-state index contributed by atoms with van der Waals surface area (Å²) in [5.74, 6) is 1.64. The molecule has 0 atom stereocenters. The van der Waals surface area contributed by atoms with E-state index in [-0.39, 0.29) is 0 Å². The summed E-state index contributed by atoms with van der Waals surface area (Å²) in [7, 11) is 0. The second-order valence-electron chi connectivity index (χ2n) is 11.8. The molecule has 0 amide bonds. The zero-order valence-corrected chi connectivity index (χ0v) is 25.5. The van der Waals surface area contributed by atoms with Gasteiger partial charge >= 0.3 is 0 Å². The van der Waals surface area contributed by atoms with Crippen molar-refractivity contribution in [3.63, 3.8) is 0 Å². The van der Waals surface area contributed by atoms with Crippen LogP contribution in [0.5, 0.6) is 0 Å². The Balaban J connectivity index is 1.25. The van der Waals surface area contributed by atoms with Crippen LogP contribution < -0.4 is 0 Å². The highest BCUT2D eigenvalue weighted by molar-refractivity contribution is 6.15. The monoisotopic (exact) mass is 616 g/mol. The second-order valence-corrected chi connectivity index (χ2v) is 11.8. The third-order valence-corrected chi connectivity index (χ3v) is 9.01. The number of rotatable bonds is 4. The predicted molar refractivity (Wildman–Crippen MR) is 191 cm³/mol. The number of para-hydroxylation sites is 2. The molecule has 0 aliphatic rings. The first-order chi connectivity index (χ1) is 23.8. The molecule has 224 valence electrons. The highest BCUT2D eigenvalue weighted by atomic mass is 16.3. The topological polar surface area (TPSA) is 77.8 Å². The van der Waals surface area contributed by atoms with Crippen LogP contribution in [0.3, 0.4) is 0 Å². The van der Waals surface area contributed by atoms with Gasteiger partial charge in [0.25, 0.3) is 0 Å². The van der Waals surface area contributed by atoms with Crippen LogP contribution in [0.4, 0.5) is 0 Å². The number of hydrogen-bond donors (Lipinski definition) is 0. The Labute approximate surface area is 274 Å². The van der Waals surface area contributed by atoms with Gasteiger partial charge in [-0.3, -0.25) is 0 Å². The van der Waals surface area contributed by atoms with E-state index in [9.17, 15) is 0 Å². The van der Waals surface area contributed by atoms with Gasteiger partial charge in [-0.25, -0.2) is 19.9 Å². The fourth-order valence-corrected chi connectivity index (χ4v) is 6.74. The van der Waals surface area contributed by atoms with E-state index in [4.69, 9.17) is 23.8 Å². The average molecular weight is 617 g/mol. The van der Waals surface area contributed by atoms with Gasteiger partial charge in [-0.1, -0.05) is 97.1 Å². The molecule has 4 aromatic heterocycles. The quantitative estimate of drug-likeness (QED) is 0.196. The van der Waals surface area contributed by atoms with Gasteiger partial charge in [-0.2, -0.15) is 0 Å². The number of pyridine rings is 1. The third-order valence-electron chi connectivity index (χ3n) is 9.01. The standard InChI is InChI=1S/C42H24N4O2/c1-2-11-26(12-3-1)39-44-40(46-41(45-39)34-16-8-15-31-30-14-6-7-18-35(30)47-37(31)34)32-22-21-29(28-20-19-25-10-4-5-13-27(25)24-28)38-36(32)33-17-9-23-43-42(33)48-38/h1-24H. The van der Waals surface area contributed by atoms with Crippen LogP contribution in [0, 0.1) is 0 Å². The molecule has 6 aromatic carbocycles. The van der Waals surface area contributed by atoms with Crippen LogP contribution in [-0.4, -0.2) is 19.9 Å². The molecule has 48 heavy (non-hydrogen) atoms. The molecule has 0 saturated carbocycles. The lowest BCUT2D eigenvalue weighted by Crippen LogP contribution is -2.00. The smallest absolute Gasteiger partial charge is 0.227 e. The Morgan fingerprint density at radius 2 is 1.15 bits per heavy atom. The number of benzene rings is 6. The van der Waals surface area contributed by atoms with Crippen molar-refractivity contribution in [2.24, 2.45) is 0 Å². The van der Waals surface area contributed by atoms with E-state index in [2.05, 4.69) is 71.7 Å². The summed E-state index contributed by atoms with van der Waals surface area (Å²) in [6.07, 6.45) is 1.75. The largest absolute Gasteiger partial charge is 0.455 e. The normalized spacial score (nSPS) is 11.8. The molecule has 0 aliphatic heterocycles. The zero-order valence-electron chi connectivity index (χ0n) is 25.5. The first-order valence-electron chi connectivity index (χ1n) is 15.8. The fourth-order valence-electron chi connectivity index (χ4n) is 6.74. The fraction of sp³-hybridized carbons (Fsp3) is 0. The molecular weight excluding hydrogens is 592 g/mol. The highest BCUT2D eigenvalue weighted by Crippen LogP contribution is 2.42. The van der Waals surface area contributed by atoms with E-state index < -0.39 is 0 Å². The molecule has 0 aliphatic carbocycles. The molecule has 4 heterocycles. The predicted octanol–water partition coefficient (Wildman–Crippen LogP) is 10.9. The molecule has 0 radical (unpaired) electrons. The Hall–Kier alpha value is -6.66. The van der Waals surface area contributed by atoms with Crippen LogP contribution in [0.2, 0.25) is 0 Å². The molecule has 0 saturated heterocycles. The molecular formula is C42H24N4O2. The van der Waals surface area contributed by atoms with Crippen LogP contribution in [0.1, 0.15) is 0 Å². The van der Waals surface area contributed by atoms with E-state index >= 15 is 0 Å². The van der Waals surface area contributed by atoms with Gasteiger partial charge in [0, 0.05) is 44.4 Å². The number of aromatic nitrogens is 4. The Morgan fingerprint density at radius 1 is 0.417 bits per heavy atom. The SMILES string of the molecule is c1ccc(-c2nc(-c3cccc4c3oc3ccccc34)nc(-c3ccc(-c4ccc5ccccc5c4)c4oc5ncccc5c34)n2)cc1. The van der Waals surface area contributed by atoms with Crippen molar-refractivity contribution in [3.05, 3.63) is 146 Å². The van der Waals surface area contributed by atoms with Crippen molar-refractivity contribution in [1.82, 2.24) is 19.9 Å². The highest BCUT2D eigenvalue weighted by Gasteiger charge is 2.22. The Morgan fingerprint density at radius 3 is 2.06 bits per heavy atom. The molecule has 6 nitrogen and oxygen atoms in total. The Kier molecular flexibility index (Phi) is 5.77. The lowest BCUT2D eigenvalue weighted by molar-refractivity contribution is 0.655. The first-order valence-corrected chi connectivity index (χ1v) is 15.8. The number of fused-ring (bicyclic) bond motifs is 7. The first kappa shape index (κ1) is 26.5. The zero-order chi connectivity index (χ0) is 31.6. The average Bonchev–Trinajstić information content (AvgIpc) is 3.74. The summed E-state index contributed by atoms with van der Waals surface area (Å²) >= 11 is 0. The summed E-state index contributed by atoms with van der Waals surface area (Å²) in [5.41, 5.74) is 7.41. The molecule has 6 heteroatoms. The van der Waals surface area contributed by atoms with E-state index in [1.165, 1.54) is 5.39 Å². The molecule has 0 N–H and O–H groups in total. The van der Waals surface area contributed by atoms with E-state index in [1.807, 2.05) is 72.8 Å². The molecule has 0 bridgehead atoms. The summed E-state index contributed by atoms with van der Waals surface area (Å²) in [4.78, 5) is 19.9. The summed E-state index contributed by atoms with van der Waals surface area (Å²) in [5, 5.41) is 6.21. The number of nitrogens with zero attached hydrogens (tertiary/aromatic N) is 4. The van der Waals surface area contributed by atoms with Gasteiger partial charge in [0.15, 0.2) is 17.5 Å². The maximum absolute atomic E-state index is 6.54. The van der Waals surface area contributed by atoms with Crippen LogP contribution >= 0.6 is 0 Å². The van der Waals surface area contributed by atoms with Crippen molar-refractivity contribution in [2.45, 2.75) is 0 Å². The van der Waals surface area contributed by atoms with Crippen LogP contribution in [0.25, 0.3) is 100 Å².